The second-order valence-electron chi connectivity index (χ2n) is 7.26. The lowest BCUT2D eigenvalue weighted by molar-refractivity contribution is -0.118. The quantitative estimate of drug-likeness (QED) is 0.599. The molecule has 0 aliphatic heterocycles. The van der Waals surface area contributed by atoms with E-state index in [2.05, 4.69) is 10.0 Å². The summed E-state index contributed by atoms with van der Waals surface area (Å²) in [5.41, 5.74) is 1.32. The van der Waals surface area contributed by atoms with Crippen LogP contribution in [0.15, 0.2) is 83.8 Å². The second-order valence-corrected chi connectivity index (χ2v) is 8.95. The minimum Gasteiger partial charge on any atom is -0.497 e. The number of nitrogens with one attached hydrogen (secondary N) is 2. The van der Waals surface area contributed by atoms with Crippen molar-refractivity contribution in [1.29, 1.82) is 0 Å². The van der Waals surface area contributed by atoms with Gasteiger partial charge in [-0.2, -0.15) is 0 Å². The molecule has 0 radical (unpaired) electrons. The predicted molar refractivity (Wildman–Crippen MR) is 116 cm³/mol. The molecule has 1 aliphatic carbocycles. The van der Waals surface area contributed by atoms with Gasteiger partial charge in [0.1, 0.15) is 5.75 Å². The number of carbonyl (C=O) groups excluding carboxylic acids is 1. The Morgan fingerprint density at radius 3 is 2.23 bits per heavy atom. The van der Waals surface area contributed by atoms with E-state index < -0.39 is 15.4 Å². The van der Waals surface area contributed by atoms with Gasteiger partial charge >= 0.3 is 0 Å². The summed E-state index contributed by atoms with van der Waals surface area (Å²) in [6, 6.07) is 22.5. The van der Waals surface area contributed by atoms with Crippen LogP contribution in [0.5, 0.6) is 5.75 Å². The average Bonchev–Trinajstić information content (AvgIpc) is 3.57. The highest BCUT2D eigenvalue weighted by atomic mass is 32.2. The van der Waals surface area contributed by atoms with E-state index in [9.17, 15) is 13.2 Å². The Bertz CT molecular complexity index is 1160. The maximum atomic E-state index is 12.9. The van der Waals surface area contributed by atoms with Crippen molar-refractivity contribution >= 4 is 27.3 Å². The van der Waals surface area contributed by atoms with Gasteiger partial charge in [0.25, 0.3) is 10.0 Å². The number of hydrogen-bond donors (Lipinski definition) is 2. The molecule has 4 rings (SSSR count). The van der Waals surface area contributed by atoms with Crippen LogP contribution in [-0.2, 0) is 20.2 Å². The van der Waals surface area contributed by atoms with Gasteiger partial charge in [0.05, 0.1) is 17.4 Å². The van der Waals surface area contributed by atoms with Crippen LogP contribution >= 0.6 is 0 Å². The molecule has 0 aromatic heterocycles. The molecule has 1 aliphatic rings. The Morgan fingerprint density at radius 1 is 0.900 bits per heavy atom. The smallest absolute Gasteiger partial charge is 0.261 e. The molecule has 154 valence electrons. The molecule has 0 atom stereocenters. The fraction of sp³-hybridized carbons (Fsp3) is 0.174. The molecular formula is C23H22N2O4S. The van der Waals surface area contributed by atoms with Crippen LogP contribution in [0.3, 0.4) is 0 Å². The standard InChI is InChI=1S/C23H22N2O4S/c1-29-20-12-10-18(11-13-20)25-30(27,28)21-9-5-8-19(16-21)24-22(26)23(14-15-23)17-6-3-2-4-7-17/h2-13,16,25H,14-15H2,1H3,(H,24,26). The van der Waals surface area contributed by atoms with E-state index >= 15 is 0 Å². The molecule has 30 heavy (non-hydrogen) atoms. The summed E-state index contributed by atoms with van der Waals surface area (Å²) in [6.45, 7) is 0. The zero-order chi connectivity index (χ0) is 21.2. The molecule has 0 saturated heterocycles. The number of ether oxygens (including phenoxy) is 1. The number of sulfonamides is 1. The van der Waals surface area contributed by atoms with Crippen LogP contribution in [-0.4, -0.2) is 21.4 Å². The number of methoxy groups -OCH3 is 1. The van der Waals surface area contributed by atoms with E-state index in [1.165, 1.54) is 12.1 Å². The van der Waals surface area contributed by atoms with Crippen molar-refractivity contribution < 1.29 is 17.9 Å². The van der Waals surface area contributed by atoms with E-state index in [0.29, 0.717) is 17.1 Å². The number of benzene rings is 3. The van der Waals surface area contributed by atoms with Crippen LogP contribution in [0.4, 0.5) is 11.4 Å². The van der Waals surface area contributed by atoms with Crippen molar-refractivity contribution in [2.75, 3.05) is 17.1 Å². The summed E-state index contributed by atoms with van der Waals surface area (Å²) in [5.74, 6) is 0.515. The normalized spacial score (nSPS) is 14.6. The molecule has 1 saturated carbocycles. The maximum Gasteiger partial charge on any atom is 0.261 e. The Balaban J connectivity index is 1.51. The lowest BCUT2D eigenvalue weighted by atomic mass is 9.95. The summed E-state index contributed by atoms with van der Waals surface area (Å²) in [4.78, 5) is 13.0. The van der Waals surface area contributed by atoms with Crippen molar-refractivity contribution in [1.82, 2.24) is 0 Å². The summed E-state index contributed by atoms with van der Waals surface area (Å²) >= 11 is 0. The van der Waals surface area contributed by atoms with E-state index in [1.54, 1.807) is 43.5 Å². The number of hydrogen-bond acceptors (Lipinski definition) is 4. The highest BCUT2D eigenvalue weighted by molar-refractivity contribution is 7.92. The van der Waals surface area contributed by atoms with Crippen LogP contribution in [0.1, 0.15) is 18.4 Å². The first-order valence-corrected chi connectivity index (χ1v) is 11.1. The Morgan fingerprint density at radius 2 is 1.60 bits per heavy atom. The molecule has 3 aromatic carbocycles. The van der Waals surface area contributed by atoms with Crippen molar-refractivity contribution in [3.63, 3.8) is 0 Å². The Labute approximate surface area is 176 Å². The number of carbonyl (C=O) groups is 1. The molecule has 1 amide bonds. The highest BCUT2D eigenvalue weighted by Gasteiger charge is 2.51. The van der Waals surface area contributed by atoms with Crippen LogP contribution in [0.2, 0.25) is 0 Å². The minimum absolute atomic E-state index is 0.0701. The molecule has 6 nitrogen and oxygen atoms in total. The van der Waals surface area contributed by atoms with E-state index in [0.717, 1.165) is 18.4 Å². The average molecular weight is 423 g/mol. The molecule has 7 heteroatoms. The summed E-state index contributed by atoms with van der Waals surface area (Å²) < 4.78 is 33.2. The first-order chi connectivity index (χ1) is 14.4. The van der Waals surface area contributed by atoms with Gasteiger partial charge in [-0.15, -0.1) is 0 Å². The SMILES string of the molecule is COc1ccc(NS(=O)(=O)c2cccc(NC(=O)C3(c4ccccc4)CC3)c2)cc1. The van der Waals surface area contributed by atoms with Crippen molar-refractivity contribution in [3.05, 3.63) is 84.4 Å². The molecule has 3 aromatic rings. The third kappa shape index (κ3) is 4.02. The van der Waals surface area contributed by atoms with Crippen LogP contribution in [0.25, 0.3) is 0 Å². The molecule has 1 fully saturated rings. The van der Waals surface area contributed by atoms with Gasteiger partial charge in [0, 0.05) is 11.4 Å². The van der Waals surface area contributed by atoms with Gasteiger partial charge in [0.2, 0.25) is 5.91 Å². The zero-order valence-corrected chi connectivity index (χ0v) is 17.3. The van der Waals surface area contributed by atoms with Gasteiger partial charge in [-0.25, -0.2) is 8.42 Å². The van der Waals surface area contributed by atoms with Gasteiger partial charge in [-0.3, -0.25) is 9.52 Å². The van der Waals surface area contributed by atoms with Gasteiger partial charge < -0.3 is 10.1 Å². The molecular weight excluding hydrogens is 400 g/mol. The fourth-order valence-electron chi connectivity index (χ4n) is 3.39. The first kappa shape index (κ1) is 20.0. The lowest BCUT2D eigenvalue weighted by Crippen LogP contribution is -2.27. The maximum absolute atomic E-state index is 12.9. The summed E-state index contributed by atoms with van der Waals surface area (Å²) in [5, 5.41) is 2.89. The van der Waals surface area contributed by atoms with Crippen molar-refractivity contribution in [3.8, 4) is 5.75 Å². The monoisotopic (exact) mass is 422 g/mol. The molecule has 0 bridgehead atoms. The first-order valence-electron chi connectivity index (χ1n) is 9.57. The van der Waals surface area contributed by atoms with Gasteiger partial charge in [-0.05, 0) is 60.9 Å². The van der Waals surface area contributed by atoms with E-state index in [-0.39, 0.29) is 10.8 Å². The molecule has 2 N–H and O–H groups in total. The largest absolute Gasteiger partial charge is 0.497 e. The Kier molecular flexibility index (Phi) is 5.22. The van der Waals surface area contributed by atoms with Crippen LogP contribution < -0.4 is 14.8 Å². The zero-order valence-electron chi connectivity index (χ0n) is 16.5. The van der Waals surface area contributed by atoms with Gasteiger partial charge in [-0.1, -0.05) is 36.4 Å². The van der Waals surface area contributed by atoms with Crippen molar-refractivity contribution in [2.45, 2.75) is 23.2 Å². The van der Waals surface area contributed by atoms with E-state index in [4.69, 9.17) is 4.74 Å². The van der Waals surface area contributed by atoms with Gasteiger partial charge in [0.15, 0.2) is 0 Å². The van der Waals surface area contributed by atoms with Crippen molar-refractivity contribution in [2.24, 2.45) is 0 Å². The molecule has 0 spiro atoms. The predicted octanol–water partition coefficient (Wildman–Crippen LogP) is 4.17. The lowest BCUT2D eigenvalue weighted by Gasteiger charge is -2.16. The minimum atomic E-state index is -3.81. The Hall–Kier alpha value is -3.32. The number of anilines is 2. The fourth-order valence-corrected chi connectivity index (χ4v) is 4.50. The second kappa shape index (κ2) is 7.84. The summed E-state index contributed by atoms with van der Waals surface area (Å²) in [6.07, 6.45) is 1.56. The number of rotatable bonds is 7. The highest BCUT2D eigenvalue weighted by Crippen LogP contribution is 2.48. The molecule has 0 unspecified atom stereocenters. The topological polar surface area (TPSA) is 84.5 Å². The summed E-state index contributed by atoms with van der Waals surface area (Å²) in [7, 11) is -2.26. The third-order valence-electron chi connectivity index (χ3n) is 5.26. The van der Waals surface area contributed by atoms with E-state index in [1.807, 2.05) is 30.3 Å². The van der Waals surface area contributed by atoms with Crippen LogP contribution in [0, 0.1) is 0 Å². The number of amides is 1. The third-order valence-corrected chi connectivity index (χ3v) is 6.63. The molecule has 0 heterocycles.